The minimum absolute atomic E-state index is 0.0870. The molecule has 6 nitrogen and oxygen atoms in total. The summed E-state index contributed by atoms with van der Waals surface area (Å²) in [4.78, 5) is 30.2. The zero-order valence-electron chi connectivity index (χ0n) is 16.4. The molecule has 0 aliphatic carbocycles. The van der Waals surface area contributed by atoms with Crippen LogP contribution in [0.1, 0.15) is 12.0 Å². The zero-order valence-corrected chi connectivity index (χ0v) is 16.4. The summed E-state index contributed by atoms with van der Waals surface area (Å²) in [5.74, 6) is 0.305. The van der Waals surface area contributed by atoms with Crippen LogP contribution >= 0.6 is 0 Å². The third-order valence-electron chi connectivity index (χ3n) is 5.83. The van der Waals surface area contributed by atoms with Crippen molar-refractivity contribution in [3.05, 3.63) is 59.9 Å². The first-order valence-electron chi connectivity index (χ1n) is 9.87. The van der Waals surface area contributed by atoms with Crippen molar-refractivity contribution in [1.82, 2.24) is 4.90 Å². The van der Waals surface area contributed by atoms with Gasteiger partial charge in [-0.05, 0) is 42.0 Å². The van der Waals surface area contributed by atoms with Crippen molar-refractivity contribution < 1.29 is 23.6 Å². The Hall–Kier alpha value is -2.93. The summed E-state index contributed by atoms with van der Waals surface area (Å²) in [5, 5.41) is 0. The number of ether oxygens (including phenoxy) is 1. The lowest BCUT2D eigenvalue weighted by molar-refractivity contribution is -0.915. The summed E-state index contributed by atoms with van der Waals surface area (Å²) < 4.78 is 18.3. The van der Waals surface area contributed by atoms with E-state index in [0.29, 0.717) is 6.54 Å². The number of likely N-dealkylation sites (tertiary alicyclic amines) is 1. The van der Waals surface area contributed by atoms with Crippen LogP contribution in [-0.2, 0) is 16.1 Å². The Balaban J connectivity index is 1.36. The maximum absolute atomic E-state index is 13.1. The first kappa shape index (κ1) is 19.4. The van der Waals surface area contributed by atoms with Crippen LogP contribution in [0.4, 0.5) is 10.1 Å². The first-order valence-corrected chi connectivity index (χ1v) is 9.87. The number of carbonyl (C=O) groups is 2. The first-order chi connectivity index (χ1) is 14.0. The van der Waals surface area contributed by atoms with E-state index in [-0.39, 0.29) is 30.1 Å². The number of piperazine rings is 1. The molecule has 29 heavy (non-hydrogen) atoms. The third kappa shape index (κ3) is 4.10. The zero-order chi connectivity index (χ0) is 20.4. The molecule has 1 atom stereocenters. The van der Waals surface area contributed by atoms with Crippen molar-refractivity contribution in [1.29, 1.82) is 0 Å². The number of amides is 2. The normalized spacial score (nSPS) is 20.4. The van der Waals surface area contributed by atoms with Gasteiger partial charge in [0, 0.05) is 5.69 Å². The van der Waals surface area contributed by atoms with E-state index in [0.717, 1.165) is 48.1 Å². The highest BCUT2D eigenvalue weighted by molar-refractivity contribution is 6.04. The fraction of sp³-hybridized carbons (Fsp3) is 0.364. The summed E-state index contributed by atoms with van der Waals surface area (Å²) >= 11 is 0. The van der Waals surface area contributed by atoms with Gasteiger partial charge in [-0.25, -0.2) is 4.39 Å². The SMILES string of the molecule is COc1ccc(CN2C(=O)C[C@H]([NH+]3CCN(c4ccc(F)cc4)CC3)C2=O)cc1. The van der Waals surface area contributed by atoms with Crippen molar-refractivity contribution in [2.45, 2.75) is 19.0 Å². The maximum Gasteiger partial charge on any atom is 0.288 e. The number of carbonyl (C=O) groups excluding carboxylic acids is 2. The molecule has 2 amide bonds. The highest BCUT2D eigenvalue weighted by Crippen LogP contribution is 2.19. The Morgan fingerprint density at radius 2 is 1.69 bits per heavy atom. The number of benzene rings is 2. The molecule has 2 heterocycles. The Labute approximate surface area is 169 Å². The van der Waals surface area contributed by atoms with E-state index in [1.165, 1.54) is 17.0 Å². The minimum Gasteiger partial charge on any atom is -0.497 e. The molecule has 0 unspecified atom stereocenters. The van der Waals surface area contributed by atoms with E-state index in [2.05, 4.69) is 4.90 Å². The lowest BCUT2D eigenvalue weighted by atomic mass is 10.1. The number of quaternary nitrogens is 1. The molecule has 7 heteroatoms. The molecule has 2 fully saturated rings. The molecule has 2 aromatic carbocycles. The van der Waals surface area contributed by atoms with Crippen LogP contribution in [0, 0.1) is 5.82 Å². The van der Waals surface area contributed by atoms with E-state index in [1.54, 1.807) is 19.2 Å². The molecule has 2 aromatic rings. The van der Waals surface area contributed by atoms with Crippen LogP contribution in [0.25, 0.3) is 0 Å². The van der Waals surface area contributed by atoms with Crippen molar-refractivity contribution in [2.75, 3.05) is 38.2 Å². The fourth-order valence-corrected chi connectivity index (χ4v) is 4.13. The van der Waals surface area contributed by atoms with Gasteiger partial charge in [-0.1, -0.05) is 12.1 Å². The number of methoxy groups -OCH3 is 1. The highest BCUT2D eigenvalue weighted by atomic mass is 19.1. The number of hydrogen-bond donors (Lipinski definition) is 1. The van der Waals surface area contributed by atoms with Gasteiger partial charge in [0.2, 0.25) is 5.91 Å². The summed E-state index contributed by atoms with van der Waals surface area (Å²) in [6.45, 7) is 3.40. The Kier molecular flexibility index (Phi) is 5.49. The van der Waals surface area contributed by atoms with Crippen molar-refractivity contribution in [3.8, 4) is 5.75 Å². The molecule has 0 bridgehead atoms. The molecule has 0 aromatic heterocycles. The lowest BCUT2D eigenvalue weighted by Crippen LogP contribution is -3.19. The van der Waals surface area contributed by atoms with Gasteiger partial charge in [0.15, 0.2) is 6.04 Å². The fourth-order valence-electron chi connectivity index (χ4n) is 4.13. The van der Waals surface area contributed by atoms with E-state index < -0.39 is 0 Å². The van der Waals surface area contributed by atoms with Gasteiger partial charge in [-0.15, -0.1) is 0 Å². The van der Waals surface area contributed by atoms with E-state index in [9.17, 15) is 14.0 Å². The van der Waals surface area contributed by atoms with Crippen LogP contribution < -0.4 is 14.5 Å². The van der Waals surface area contributed by atoms with Gasteiger partial charge in [-0.2, -0.15) is 0 Å². The van der Waals surface area contributed by atoms with Crippen molar-refractivity contribution in [2.24, 2.45) is 0 Å². The average molecular weight is 398 g/mol. The van der Waals surface area contributed by atoms with Crippen molar-refractivity contribution in [3.63, 3.8) is 0 Å². The second-order valence-electron chi connectivity index (χ2n) is 7.54. The molecule has 2 saturated heterocycles. The quantitative estimate of drug-likeness (QED) is 0.760. The second-order valence-corrected chi connectivity index (χ2v) is 7.54. The largest absolute Gasteiger partial charge is 0.497 e. The summed E-state index contributed by atoms with van der Waals surface area (Å²) in [6.07, 6.45) is 0.265. The standard InChI is InChI=1S/C22H24FN3O3/c1-29-19-8-2-16(3-9-19)15-26-21(27)14-20(22(26)28)25-12-10-24(11-13-25)18-6-4-17(23)5-7-18/h2-9,20H,10-15H2,1H3/p+1/t20-/m0/s1. The number of anilines is 1. The van der Waals surface area contributed by atoms with Gasteiger partial charge in [-0.3, -0.25) is 14.5 Å². The van der Waals surface area contributed by atoms with E-state index in [4.69, 9.17) is 4.74 Å². The van der Waals surface area contributed by atoms with Crippen LogP contribution in [0.5, 0.6) is 5.75 Å². The molecule has 2 aliphatic rings. The molecule has 0 spiro atoms. The topological polar surface area (TPSA) is 54.3 Å². The molecule has 0 saturated carbocycles. The van der Waals surface area contributed by atoms with Crippen LogP contribution in [0.3, 0.4) is 0 Å². The monoisotopic (exact) mass is 398 g/mol. The molecule has 2 aliphatic heterocycles. The van der Waals surface area contributed by atoms with E-state index >= 15 is 0 Å². The Morgan fingerprint density at radius 1 is 1.03 bits per heavy atom. The summed E-state index contributed by atoms with van der Waals surface area (Å²) in [7, 11) is 1.60. The smallest absolute Gasteiger partial charge is 0.288 e. The molecule has 1 N–H and O–H groups in total. The number of nitrogens with zero attached hydrogens (tertiary/aromatic N) is 2. The minimum atomic E-state index is -0.309. The van der Waals surface area contributed by atoms with Gasteiger partial charge in [0.1, 0.15) is 11.6 Å². The molecule has 0 radical (unpaired) electrons. The third-order valence-corrected chi connectivity index (χ3v) is 5.83. The van der Waals surface area contributed by atoms with Gasteiger partial charge in [0.05, 0.1) is 46.3 Å². The lowest BCUT2D eigenvalue weighted by Gasteiger charge is -2.35. The summed E-state index contributed by atoms with van der Waals surface area (Å²) in [6, 6.07) is 13.6. The van der Waals surface area contributed by atoms with Gasteiger partial charge >= 0.3 is 0 Å². The second kappa shape index (κ2) is 8.21. The molecular weight excluding hydrogens is 373 g/mol. The Morgan fingerprint density at radius 3 is 2.31 bits per heavy atom. The summed E-state index contributed by atoms with van der Waals surface area (Å²) in [5.41, 5.74) is 1.89. The average Bonchev–Trinajstić information content (AvgIpc) is 3.03. The van der Waals surface area contributed by atoms with Gasteiger partial charge in [0.25, 0.3) is 5.91 Å². The molecule has 4 rings (SSSR count). The number of halogens is 1. The predicted molar refractivity (Wildman–Crippen MR) is 106 cm³/mol. The van der Waals surface area contributed by atoms with Crippen molar-refractivity contribution >= 4 is 17.5 Å². The number of imide groups is 1. The Bertz CT molecular complexity index is 877. The number of rotatable bonds is 5. The molecular formula is C22H25FN3O3+. The highest BCUT2D eigenvalue weighted by Gasteiger charge is 2.45. The van der Waals surface area contributed by atoms with Crippen LogP contribution in [0.15, 0.2) is 48.5 Å². The van der Waals surface area contributed by atoms with E-state index in [1.807, 2.05) is 24.3 Å². The van der Waals surface area contributed by atoms with Crippen LogP contribution in [0.2, 0.25) is 0 Å². The number of hydrogen-bond acceptors (Lipinski definition) is 4. The molecule has 152 valence electrons. The number of nitrogens with one attached hydrogen (secondary N) is 1. The van der Waals surface area contributed by atoms with Gasteiger partial charge < -0.3 is 14.5 Å². The maximum atomic E-state index is 13.1. The predicted octanol–water partition coefficient (Wildman–Crippen LogP) is 0.867. The van der Waals surface area contributed by atoms with Crippen LogP contribution in [-0.4, -0.2) is 56.0 Å².